The van der Waals surface area contributed by atoms with Gasteiger partial charge in [-0.2, -0.15) is 50.2 Å². The Morgan fingerprint density at radius 3 is 1.12 bits per heavy atom. The van der Waals surface area contributed by atoms with Crippen molar-refractivity contribution >= 4 is 0 Å². The summed E-state index contributed by atoms with van der Waals surface area (Å²) in [5, 5.41) is 0. The summed E-state index contributed by atoms with van der Waals surface area (Å²) in [4.78, 5) is 7.32. The molecule has 0 amide bonds. The van der Waals surface area contributed by atoms with E-state index in [-0.39, 0.29) is 20.4 Å². The Bertz CT molecular complexity index is 190. The second kappa shape index (κ2) is 24.3. The number of hydrogen-bond acceptors (Lipinski definition) is 2. The molecule has 0 radical (unpaired) electrons. The van der Waals surface area contributed by atoms with Crippen LogP contribution in [0.5, 0.6) is 0 Å². The van der Waals surface area contributed by atoms with Gasteiger partial charge in [-0.25, -0.2) is 0 Å². The standard InChI is InChI=1S/2C5H4N.2C2H5.Pd/c2*1-2-4-6-5-3-1;2*1-2;/h2*1-4H;2*1H2,2H3;/q4*-1;. The Balaban J connectivity index is -0.000000171. The summed E-state index contributed by atoms with van der Waals surface area (Å²) in [5.41, 5.74) is 0. The SMILES string of the molecule is [CH2-]C.[CH2-]C.[Pd].[c-]1ccccn1.[c-]1ccccn1. The molecule has 2 aromatic rings. The van der Waals surface area contributed by atoms with Crippen molar-refractivity contribution in [2.75, 3.05) is 0 Å². The maximum Gasteiger partial charge on any atom is 0 e. The molecule has 2 aromatic heterocycles. The van der Waals surface area contributed by atoms with E-state index in [2.05, 4.69) is 36.2 Å². The Kier molecular flexibility index (Phi) is 30.4. The van der Waals surface area contributed by atoms with Crippen LogP contribution in [0.15, 0.2) is 48.8 Å². The molecule has 0 aliphatic carbocycles. The Hall–Kier alpha value is -1.04. The Morgan fingerprint density at radius 1 is 0.706 bits per heavy atom. The van der Waals surface area contributed by atoms with E-state index in [0.29, 0.717) is 0 Å². The molecular formula is C14H18N2Pd-4. The van der Waals surface area contributed by atoms with Crippen LogP contribution in [0.4, 0.5) is 0 Å². The van der Waals surface area contributed by atoms with Crippen molar-refractivity contribution in [2.45, 2.75) is 13.8 Å². The predicted octanol–water partition coefficient (Wildman–Crippen LogP) is 3.44. The van der Waals surface area contributed by atoms with E-state index in [1.165, 1.54) is 0 Å². The number of pyridine rings is 2. The molecule has 0 bridgehead atoms. The van der Waals surface area contributed by atoms with Crippen molar-refractivity contribution in [2.24, 2.45) is 0 Å². The quantitative estimate of drug-likeness (QED) is 0.549. The van der Waals surface area contributed by atoms with Gasteiger partial charge in [-0.3, -0.25) is 0 Å². The van der Waals surface area contributed by atoms with E-state index >= 15 is 0 Å². The molecule has 0 aromatic carbocycles. The molecular weight excluding hydrogens is 303 g/mol. The third kappa shape index (κ3) is 20.9. The van der Waals surface area contributed by atoms with E-state index in [1.807, 2.05) is 24.3 Å². The van der Waals surface area contributed by atoms with Gasteiger partial charge in [0.15, 0.2) is 0 Å². The maximum absolute atomic E-state index is 3.66. The van der Waals surface area contributed by atoms with Gasteiger partial charge in [0.1, 0.15) is 0 Å². The fraction of sp³-hybridized carbons (Fsp3) is 0.143. The first-order valence-corrected chi connectivity index (χ1v) is 4.96. The largest absolute Gasteiger partial charge is 0.394 e. The predicted molar refractivity (Wildman–Crippen MR) is 68.2 cm³/mol. The van der Waals surface area contributed by atoms with E-state index in [0.717, 1.165) is 0 Å². The minimum atomic E-state index is 0. The second-order valence-corrected chi connectivity index (χ2v) is 1.92. The molecule has 0 spiro atoms. The Labute approximate surface area is 119 Å². The number of rotatable bonds is 0. The number of aromatic nitrogens is 2. The first kappa shape index (κ1) is 21.3. The summed E-state index contributed by atoms with van der Waals surface area (Å²) in [6, 6.07) is 11.0. The molecule has 0 saturated heterocycles. The summed E-state index contributed by atoms with van der Waals surface area (Å²) in [5.74, 6) is 0. The van der Waals surface area contributed by atoms with Gasteiger partial charge in [-0.1, -0.05) is 24.8 Å². The molecule has 0 N–H and O–H groups in total. The molecule has 17 heavy (non-hydrogen) atoms. The smallest absolute Gasteiger partial charge is 0 e. The molecule has 0 fully saturated rings. The van der Waals surface area contributed by atoms with Gasteiger partial charge in [0.05, 0.1) is 0 Å². The van der Waals surface area contributed by atoms with Crippen LogP contribution in [0.2, 0.25) is 0 Å². The topological polar surface area (TPSA) is 25.8 Å². The van der Waals surface area contributed by atoms with Crippen molar-refractivity contribution in [3.63, 3.8) is 0 Å². The maximum atomic E-state index is 3.66. The zero-order valence-electron chi connectivity index (χ0n) is 10.2. The van der Waals surface area contributed by atoms with Crippen molar-refractivity contribution < 1.29 is 20.4 Å². The van der Waals surface area contributed by atoms with Gasteiger partial charge in [0, 0.05) is 20.4 Å². The molecule has 3 heteroatoms. The van der Waals surface area contributed by atoms with Crippen LogP contribution in [0.1, 0.15) is 13.8 Å². The molecule has 2 nitrogen and oxygen atoms in total. The van der Waals surface area contributed by atoms with Gasteiger partial charge in [-0.15, -0.1) is 0 Å². The third-order valence-corrected chi connectivity index (χ3v) is 1.03. The van der Waals surface area contributed by atoms with Crippen LogP contribution >= 0.6 is 0 Å². The fourth-order valence-corrected chi connectivity index (χ4v) is 0.555. The summed E-state index contributed by atoms with van der Waals surface area (Å²) >= 11 is 0. The van der Waals surface area contributed by atoms with E-state index in [4.69, 9.17) is 0 Å². The molecule has 98 valence electrons. The molecule has 2 rings (SSSR count). The van der Waals surface area contributed by atoms with E-state index in [9.17, 15) is 0 Å². The molecule has 0 atom stereocenters. The second-order valence-electron chi connectivity index (χ2n) is 1.92. The normalized spacial score (nSPS) is 6.35. The number of nitrogens with zero attached hydrogens (tertiary/aromatic N) is 2. The fourth-order valence-electron chi connectivity index (χ4n) is 0.555. The summed E-state index contributed by atoms with van der Waals surface area (Å²) in [6.07, 6.45) is 8.67. The zero-order valence-corrected chi connectivity index (χ0v) is 11.8. The number of hydrogen-bond donors (Lipinski definition) is 0. The zero-order chi connectivity index (χ0) is 12.5. The van der Waals surface area contributed by atoms with Gasteiger partial charge in [0.25, 0.3) is 0 Å². The van der Waals surface area contributed by atoms with Crippen LogP contribution < -0.4 is 0 Å². The van der Waals surface area contributed by atoms with Crippen LogP contribution in [0.3, 0.4) is 0 Å². The molecule has 2 heterocycles. The summed E-state index contributed by atoms with van der Waals surface area (Å²) in [7, 11) is 0. The van der Waals surface area contributed by atoms with Gasteiger partial charge < -0.3 is 23.8 Å². The molecule has 0 aliphatic rings. The summed E-state index contributed by atoms with van der Waals surface area (Å²) < 4.78 is 0. The van der Waals surface area contributed by atoms with Crippen LogP contribution in [0, 0.1) is 26.2 Å². The van der Waals surface area contributed by atoms with Crippen molar-refractivity contribution in [3.8, 4) is 0 Å². The minimum absolute atomic E-state index is 0. The van der Waals surface area contributed by atoms with Gasteiger partial charge in [0.2, 0.25) is 0 Å². The first-order chi connectivity index (χ1) is 8.00. The molecule has 0 saturated carbocycles. The third-order valence-electron chi connectivity index (χ3n) is 1.03. The van der Waals surface area contributed by atoms with Crippen LogP contribution in [0.25, 0.3) is 0 Å². The Morgan fingerprint density at radius 2 is 1.06 bits per heavy atom. The van der Waals surface area contributed by atoms with Crippen LogP contribution in [-0.4, -0.2) is 9.97 Å². The summed E-state index contributed by atoms with van der Waals surface area (Å²) in [6.45, 7) is 10.0. The van der Waals surface area contributed by atoms with Gasteiger partial charge >= 0.3 is 0 Å². The first-order valence-electron chi connectivity index (χ1n) is 4.96. The van der Waals surface area contributed by atoms with Crippen LogP contribution in [-0.2, 0) is 20.4 Å². The average Bonchev–Trinajstić information content (AvgIpc) is 2.48. The van der Waals surface area contributed by atoms with E-state index in [1.54, 1.807) is 38.4 Å². The van der Waals surface area contributed by atoms with Gasteiger partial charge in [-0.05, 0) is 0 Å². The van der Waals surface area contributed by atoms with Crippen molar-refractivity contribution in [1.29, 1.82) is 0 Å². The monoisotopic (exact) mass is 320 g/mol. The van der Waals surface area contributed by atoms with Crippen molar-refractivity contribution in [3.05, 3.63) is 75.0 Å². The average molecular weight is 321 g/mol. The van der Waals surface area contributed by atoms with E-state index < -0.39 is 0 Å². The molecule has 0 aliphatic heterocycles. The molecule has 0 unspecified atom stereocenters. The minimum Gasteiger partial charge on any atom is -0.394 e. The van der Waals surface area contributed by atoms with Crippen molar-refractivity contribution in [1.82, 2.24) is 9.97 Å².